The molecule has 0 atom stereocenters. The lowest BCUT2D eigenvalue weighted by atomic mass is 9.99. The Hall–Kier alpha value is -6.64. The van der Waals surface area contributed by atoms with Gasteiger partial charge in [0, 0.05) is 22.1 Å². The van der Waals surface area contributed by atoms with Crippen LogP contribution in [0.15, 0.2) is 192 Å². The van der Waals surface area contributed by atoms with Gasteiger partial charge in [0.15, 0.2) is 0 Å². The lowest BCUT2D eigenvalue weighted by Crippen LogP contribution is -2.10. The molecule has 0 N–H and O–H groups in total. The van der Waals surface area contributed by atoms with E-state index in [0.29, 0.717) is 16.4 Å². The number of nitrogens with zero attached hydrogens (tertiary/aromatic N) is 1. The van der Waals surface area contributed by atoms with Gasteiger partial charge >= 0.3 is 0 Å². The van der Waals surface area contributed by atoms with Crippen molar-refractivity contribution < 1.29 is 34.6 Å². The zero-order chi connectivity index (χ0) is 52.2. The molecule has 0 saturated heterocycles. The van der Waals surface area contributed by atoms with Gasteiger partial charge in [-0.3, -0.25) is 0 Å². The number of fused-ring (bicyclic) bond motifs is 7. The normalized spacial score (nSPS) is 17.8. The number of anilines is 3. The zero-order valence-corrected chi connectivity index (χ0v) is 25.6. The van der Waals surface area contributed by atoms with Crippen molar-refractivity contribution >= 4 is 71.3 Å². The highest BCUT2D eigenvalue weighted by molar-refractivity contribution is 6.19. The van der Waals surface area contributed by atoms with E-state index in [2.05, 4.69) is 0 Å². The molecular weight excluding hydrogens is 607 g/mol. The second kappa shape index (κ2) is 11.5. The quantitative estimate of drug-likeness (QED) is 0.183. The lowest BCUT2D eigenvalue weighted by molar-refractivity contribution is 0.672. The van der Waals surface area contributed by atoms with Crippen molar-refractivity contribution in [3.63, 3.8) is 0 Å². The maximum Gasteiger partial charge on any atom is 0.143 e. The van der Waals surface area contributed by atoms with Gasteiger partial charge in [-0.25, -0.2) is 0 Å². The van der Waals surface area contributed by atoms with Crippen molar-refractivity contribution in [1.82, 2.24) is 0 Å². The predicted molar refractivity (Wildman–Crippen MR) is 212 cm³/mol. The van der Waals surface area contributed by atoms with E-state index in [1.54, 1.807) is 24.3 Å². The molecule has 0 saturated carbocycles. The van der Waals surface area contributed by atoms with Crippen LogP contribution < -0.4 is 4.90 Å². The Morgan fingerprint density at radius 3 is 1.60 bits per heavy atom. The van der Waals surface area contributed by atoms with E-state index < -0.39 is 188 Å². The highest BCUT2D eigenvalue weighted by atomic mass is 16.3. The number of rotatable bonds is 5. The molecule has 2 nitrogen and oxygen atoms in total. The summed E-state index contributed by atoms with van der Waals surface area (Å²) < 4.78 is 204. The van der Waals surface area contributed by atoms with Crippen LogP contribution in [0, 0.1) is 0 Å². The van der Waals surface area contributed by atoms with Crippen LogP contribution in [0.2, 0.25) is 0 Å². The Balaban J connectivity index is 1.33. The van der Waals surface area contributed by atoms with Crippen molar-refractivity contribution in [2.45, 2.75) is 0 Å². The van der Waals surface area contributed by atoms with Crippen LogP contribution in [0.1, 0.15) is 30.2 Å². The molecule has 0 aliphatic rings. The fourth-order valence-electron chi connectivity index (χ4n) is 5.97. The molecule has 50 heavy (non-hydrogen) atoms. The summed E-state index contributed by atoms with van der Waals surface area (Å²) in [5, 5.41) is 0.178. The first-order chi connectivity index (χ1) is 34.0. The molecule has 0 spiro atoms. The third kappa shape index (κ3) is 4.73. The Morgan fingerprint density at radius 1 is 0.420 bits per heavy atom. The molecular formula is C48H31NO. The van der Waals surface area contributed by atoms with E-state index >= 15 is 0 Å². The van der Waals surface area contributed by atoms with Crippen LogP contribution >= 0.6 is 0 Å². The summed E-state index contributed by atoms with van der Waals surface area (Å²) in [4.78, 5) is 0.966. The minimum atomic E-state index is -0.930. The third-order valence-electron chi connectivity index (χ3n) is 8.28. The van der Waals surface area contributed by atoms with E-state index in [4.69, 9.17) is 23.6 Å². The van der Waals surface area contributed by atoms with Crippen molar-refractivity contribution in [2.75, 3.05) is 4.90 Å². The van der Waals surface area contributed by atoms with Gasteiger partial charge < -0.3 is 9.32 Å². The molecule has 1 aromatic heterocycles. The summed E-state index contributed by atoms with van der Waals surface area (Å²) in [7, 11) is 0. The summed E-state index contributed by atoms with van der Waals surface area (Å²) in [5.41, 5.74) is -3.59. The summed E-state index contributed by atoms with van der Waals surface area (Å²) in [6, 6.07) is -2.79. The highest BCUT2D eigenvalue weighted by Crippen LogP contribution is 2.45. The molecule has 10 aromatic rings. The summed E-state index contributed by atoms with van der Waals surface area (Å²) >= 11 is 0. The Bertz CT molecular complexity index is 3900. The van der Waals surface area contributed by atoms with Crippen LogP contribution in [-0.2, 0) is 0 Å². The standard InChI is InChI=1S/C48H31NO/c1-3-11-37-30-39(18-16-32(37)8-1)34-20-25-41(26-21-34)49(42-27-22-35(23-28-42)40-19-17-33-9-2-4-12-38(33)31-40)45-14-7-15-46-47(45)44-29-24-36-10-5-6-13-43(36)48(44)50-46/h1-31H/i1D,2D,3D,4D,8D,9D,11D,12D,16D,17D,18D,19D,20D,21D,22D,23D,25D,26D,27D,28D,30D,31D. The largest absolute Gasteiger partial charge is 0.455 e. The van der Waals surface area contributed by atoms with Gasteiger partial charge in [0.25, 0.3) is 0 Å². The summed E-state index contributed by atoms with van der Waals surface area (Å²) in [6.07, 6.45) is 0. The van der Waals surface area contributed by atoms with Crippen molar-refractivity contribution in [1.29, 1.82) is 0 Å². The summed E-state index contributed by atoms with van der Waals surface area (Å²) in [5.74, 6) is 0. The Labute approximate surface area is 321 Å². The molecule has 0 radical (unpaired) electrons. The van der Waals surface area contributed by atoms with Gasteiger partial charge in [0.1, 0.15) is 11.2 Å². The topological polar surface area (TPSA) is 16.4 Å². The van der Waals surface area contributed by atoms with E-state index in [0.717, 1.165) is 10.3 Å². The lowest BCUT2D eigenvalue weighted by Gasteiger charge is -2.26. The van der Waals surface area contributed by atoms with Gasteiger partial charge in [-0.1, -0.05) is 133 Å². The fraction of sp³-hybridized carbons (Fsp3) is 0. The molecule has 10 rings (SSSR count). The molecule has 0 amide bonds. The van der Waals surface area contributed by atoms with Crippen LogP contribution in [-0.4, -0.2) is 0 Å². The van der Waals surface area contributed by atoms with Gasteiger partial charge in [0.05, 0.1) is 41.2 Å². The Morgan fingerprint density at radius 2 is 0.980 bits per heavy atom. The van der Waals surface area contributed by atoms with Crippen LogP contribution in [0.4, 0.5) is 17.1 Å². The maximum atomic E-state index is 9.65. The van der Waals surface area contributed by atoms with Gasteiger partial charge in [-0.15, -0.1) is 0 Å². The van der Waals surface area contributed by atoms with Crippen LogP contribution in [0.25, 0.3) is 76.5 Å². The highest BCUT2D eigenvalue weighted by Gasteiger charge is 2.20. The molecule has 0 bridgehead atoms. The molecule has 9 aromatic carbocycles. The second-order valence-corrected chi connectivity index (χ2v) is 11.2. The van der Waals surface area contributed by atoms with Gasteiger partial charge in [0.2, 0.25) is 0 Å². The number of hydrogen-bond donors (Lipinski definition) is 0. The van der Waals surface area contributed by atoms with Gasteiger partial charge in [-0.2, -0.15) is 0 Å². The molecule has 0 unspecified atom stereocenters. The molecule has 1 heterocycles. The van der Waals surface area contributed by atoms with E-state index in [1.807, 2.05) is 18.2 Å². The molecule has 0 fully saturated rings. The first kappa shape index (κ1) is 14.1. The van der Waals surface area contributed by atoms with Crippen molar-refractivity contribution in [3.8, 4) is 22.3 Å². The molecule has 2 heteroatoms. The average molecular weight is 660 g/mol. The third-order valence-corrected chi connectivity index (χ3v) is 8.28. The summed E-state index contributed by atoms with van der Waals surface area (Å²) in [6.45, 7) is 0. The Kier molecular flexibility index (Phi) is 3.24. The molecule has 0 aliphatic carbocycles. The first-order valence-electron chi connectivity index (χ1n) is 26.3. The minimum Gasteiger partial charge on any atom is -0.455 e. The minimum absolute atomic E-state index is 0.0568. The zero-order valence-electron chi connectivity index (χ0n) is 47.6. The number of benzene rings is 9. The monoisotopic (exact) mass is 659 g/mol. The second-order valence-electron chi connectivity index (χ2n) is 11.2. The van der Waals surface area contributed by atoms with E-state index in [1.165, 1.54) is 12.1 Å². The molecule has 234 valence electrons. The van der Waals surface area contributed by atoms with E-state index in [-0.39, 0.29) is 16.7 Å². The van der Waals surface area contributed by atoms with Crippen molar-refractivity contribution in [3.05, 3.63) is 188 Å². The fourth-order valence-corrected chi connectivity index (χ4v) is 5.97. The van der Waals surface area contributed by atoms with Crippen LogP contribution in [0.3, 0.4) is 0 Å². The maximum absolute atomic E-state index is 9.65. The van der Waals surface area contributed by atoms with Gasteiger partial charge in [-0.05, 0) is 104 Å². The average Bonchev–Trinajstić information content (AvgIpc) is 3.76. The SMILES string of the molecule is [2H]c1c([2H])c(N(c2c([2H])c([2H])c(-c3c([2H])c([2H])c4c([2H])c([2H])c([2H])c([2H])c4c3[2H])c([2H])c2[2H])c2cccc3oc4c5ccccc5ccc4c23)c([2H])c([2H])c1-c1c([2H])c([2H])c2c([2H])c([2H])c([2H])c([2H])c2c1[2H]. The number of furan rings is 1. The first-order valence-corrected chi connectivity index (χ1v) is 15.3. The van der Waals surface area contributed by atoms with E-state index in [9.17, 15) is 11.0 Å². The molecule has 0 aliphatic heterocycles. The smallest absolute Gasteiger partial charge is 0.143 e. The van der Waals surface area contributed by atoms with Crippen molar-refractivity contribution in [2.24, 2.45) is 0 Å². The number of hydrogen-bond acceptors (Lipinski definition) is 2. The van der Waals surface area contributed by atoms with Crippen LogP contribution in [0.5, 0.6) is 0 Å². The predicted octanol–water partition coefficient (Wildman–Crippen LogP) is 13.8.